The molecule has 0 fully saturated rings. The Bertz CT molecular complexity index is 729. The molecule has 2 aromatic rings. The molecule has 0 atom stereocenters. The summed E-state index contributed by atoms with van der Waals surface area (Å²) in [6.45, 7) is 3.35. The van der Waals surface area contributed by atoms with Gasteiger partial charge in [-0.3, -0.25) is 4.79 Å². The molecule has 0 bridgehead atoms. The predicted octanol–water partition coefficient (Wildman–Crippen LogP) is 3.88. The number of hydrogen-bond acceptors (Lipinski definition) is 4. The first-order chi connectivity index (χ1) is 12.7. The zero-order chi connectivity index (χ0) is 19.9. The van der Waals surface area contributed by atoms with E-state index in [4.69, 9.17) is 4.74 Å². The summed E-state index contributed by atoms with van der Waals surface area (Å²) in [5.41, 5.74) is 2.18. The predicted molar refractivity (Wildman–Crippen MR) is 93.3 cm³/mol. The number of ether oxygens (including phenoxy) is 2. The third-order valence-corrected chi connectivity index (χ3v) is 3.44. The van der Waals surface area contributed by atoms with Crippen LogP contribution < -0.4 is 10.1 Å². The fourth-order valence-electron chi connectivity index (χ4n) is 2.06. The van der Waals surface area contributed by atoms with Crippen molar-refractivity contribution >= 4 is 5.91 Å². The first-order valence-corrected chi connectivity index (χ1v) is 8.36. The van der Waals surface area contributed by atoms with Crippen LogP contribution in [-0.4, -0.2) is 29.8 Å². The third-order valence-electron chi connectivity index (χ3n) is 3.44. The Labute approximate surface area is 155 Å². The van der Waals surface area contributed by atoms with Crippen LogP contribution in [0.4, 0.5) is 13.2 Å². The average Bonchev–Trinajstić information content (AvgIpc) is 2.63. The van der Waals surface area contributed by atoms with Gasteiger partial charge in [0.2, 0.25) is 5.88 Å². The van der Waals surface area contributed by atoms with Gasteiger partial charge in [-0.2, -0.15) is 13.2 Å². The number of nitrogens with zero attached hydrogens (tertiary/aromatic N) is 1. The Morgan fingerprint density at radius 3 is 2.33 bits per heavy atom. The van der Waals surface area contributed by atoms with E-state index in [-0.39, 0.29) is 23.5 Å². The van der Waals surface area contributed by atoms with Crippen molar-refractivity contribution in [2.75, 3.05) is 6.61 Å². The smallest absolute Gasteiger partial charge is 0.422 e. The van der Waals surface area contributed by atoms with Gasteiger partial charge < -0.3 is 14.8 Å². The number of benzene rings is 1. The second kappa shape index (κ2) is 9.36. The lowest BCUT2D eigenvalue weighted by Crippen LogP contribution is -2.23. The fourth-order valence-corrected chi connectivity index (χ4v) is 2.06. The van der Waals surface area contributed by atoms with Gasteiger partial charge in [-0.25, -0.2) is 4.98 Å². The molecule has 0 radical (unpaired) electrons. The maximum absolute atomic E-state index is 12.1. The van der Waals surface area contributed by atoms with Crippen LogP contribution in [0.15, 0.2) is 42.6 Å². The molecule has 1 heterocycles. The summed E-state index contributed by atoms with van der Waals surface area (Å²) in [5.74, 6) is -0.569. The van der Waals surface area contributed by atoms with Crippen molar-refractivity contribution in [3.8, 4) is 5.88 Å². The molecular formula is C19H21F3N2O3. The SMILES string of the molecule is CC(C)OCc1ccc(CNC(=O)c2ccc(OCC(F)(F)F)nc2)cc1. The lowest BCUT2D eigenvalue weighted by Gasteiger charge is -2.10. The van der Waals surface area contributed by atoms with E-state index in [1.165, 1.54) is 18.3 Å². The summed E-state index contributed by atoms with van der Waals surface area (Å²) in [7, 11) is 0. The van der Waals surface area contributed by atoms with Crippen LogP contribution in [0.2, 0.25) is 0 Å². The van der Waals surface area contributed by atoms with Crippen LogP contribution in [0.1, 0.15) is 35.3 Å². The van der Waals surface area contributed by atoms with E-state index in [9.17, 15) is 18.0 Å². The Kier molecular flexibility index (Phi) is 7.18. The number of alkyl halides is 3. The van der Waals surface area contributed by atoms with E-state index in [2.05, 4.69) is 15.0 Å². The Balaban J connectivity index is 1.83. The maximum Gasteiger partial charge on any atom is 0.422 e. The van der Waals surface area contributed by atoms with E-state index in [1.807, 2.05) is 38.1 Å². The average molecular weight is 382 g/mol. The molecule has 0 aliphatic heterocycles. The maximum atomic E-state index is 12.1. The number of carbonyl (C=O) groups excluding carboxylic acids is 1. The van der Waals surface area contributed by atoms with Crippen molar-refractivity contribution in [3.05, 3.63) is 59.3 Å². The molecule has 1 N–H and O–H groups in total. The highest BCUT2D eigenvalue weighted by Crippen LogP contribution is 2.17. The molecule has 1 aromatic carbocycles. The van der Waals surface area contributed by atoms with Crippen molar-refractivity contribution < 1.29 is 27.4 Å². The van der Waals surface area contributed by atoms with Crippen LogP contribution in [0.25, 0.3) is 0 Å². The topological polar surface area (TPSA) is 60.5 Å². The number of aromatic nitrogens is 1. The van der Waals surface area contributed by atoms with Crippen molar-refractivity contribution in [1.82, 2.24) is 10.3 Å². The van der Waals surface area contributed by atoms with Gasteiger partial charge in [-0.1, -0.05) is 24.3 Å². The molecular weight excluding hydrogens is 361 g/mol. The molecule has 1 aromatic heterocycles. The summed E-state index contributed by atoms with van der Waals surface area (Å²) < 4.78 is 46.3. The van der Waals surface area contributed by atoms with Crippen LogP contribution in [0.5, 0.6) is 5.88 Å². The highest BCUT2D eigenvalue weighted by atomic mass is 19.4. The minimum atomic E-state index is -4.44. The summed E-state index contributed by atoms with van der Waals surface area (Å²) in [5, 5.41) is 2.73. The molecule has 0 aliphatic carbocycles. The highest BCUT2D eigenvalue weighted by molar-refractivity contribution is 5.93. The first-order valence-electron chi connectivity index (χ1n) is 8.36. The summed E-state index contributed by atoms with van der Waals surface area (Å²) in [4.78, 5) is 15.8. The lowest BCUT2D eigenvalue weighted by molar-refractivity contribution is -0.154. The van der Waals surface area contributed by atoms with Gasteiger partial charge in [-0.15, -0.1) is 0 Å². The Hall–Kier alpha value is -2.61. The quantitative estimate of drug-likeness (QED) is 0.753. The van der Waals surface area contributed by atoms with Gasteiger partial charge in [0.15, 0.2) is 6.61 Å². The number of amides is 1. The van der Waals surface area contributed by atoms with Crippen molar-refractivity contribution in [2.45, 2.75) is 39.3 Å². The van der Waals surface area contributed by atoms with Gasteiger partial charge in [0.05, 0.1) is 18.3 Å². The number of hydrogen-bond donors (Lipinski definition) is 1. The minimum Gasteiger partial charge on any atom is -0.468 e. The van der Waals surface area contributed by atoms with Crippen LogP contribution in [0, 0.1) is 0 Å². The monoisotopic (exact) mass is 382 g/mol. The molecule has 0 unspecified atom stereocenters. The summed E-state index contributed by atoms with van der Waals surface area (Å²) >= 11 is 0. The molecule has 27 heavy (non-hydrogen) atoms. The number of halogens is 3. The highest BCUT2D eigenvalue weighted by Gasteiger charge is 2.28. The molecule has 5 nitrogen and oxygen atoms in total. The van der Waals surface area contributed by atoms with Gasteiger partial charge in [0.25, 0.3) is 5.91 Å². The fraction of sp³-hybridized carbons (Fsp3) is 0.368. The molecule has 146 valence electrons. The largest absolute Gasteiger partial charge is 0.468 e. The zero-order valence-corrected chi connectivity index (χ0v) is 15.0. The number of carbonyl (C=O) groups is 1. The molecule has 1 amide bonds. The Morgan fingerprint density at radius 2 is 1.78 bits per heavy atom. The van der Waals surface area contributed by atoms with Crippen molar-refractivity contribution in [2.24, 2.45) is 0 Å². The van der Waals surface area contributed by atoms with E-state index in [0.717, 1.165) is 11.1 Å². The molecule has 0 aliphatic rings. The van der Waals surface area contributed by atoms with Gasteiger partial charge in [-0.05, 0) is 31.0 Å². The second-order valence-corrected chi connectivity index (χ2v) is 6.15. The number of nitrogens with one attached hydrogen (secondary N) is 1. The standard InChI is InChI=1S/C19H21F3N2O3/c1-13(2)26-11-15-5-3-14(4-6-15)9-24-18(25)16-7-8-17(23-10-16)27-12-19(20,21)22/h3-8,10,13H,9,11-12H2,1-2H3,(H,24,25). The second-order valence-electron chi connectivity index (χ2n) is 6.15. The van der Waals surface area contributed by atoms with Crippen LogP contribution in [0.3, 0.4) is 0 Å². The molecule has 2 rings (SSSR count). The van der Waals surface area contributed by atoms with E-state index in [1.54, 1.807) is 0 Å². The van der Waals surface area contributed by atoms with E-state index < -0.39 is 12.8 Å². The van der Waals surface area contributed by atoms with Crippen LogP contribution in [-0.2, 0) is 17.9 Å². The molecule has 8 heteroatoms. The van der Waals surface area contributed by atoms with E-state index >= 15 is 0 Å². The van der Waals surface area contributed by atoms with Crippen LogP contribution >= 0.6 is 0 Å². The summed E-state index contributed by atoms with van der Waals surface area (Å²) in [6.07, 6.45) is -3.11. The molecule has 0 saturated carbocycles. The molecule has 0 spiro atoms. The van der Waals surface area contributed by atoms with Gasteiger partial charge in [0.1, 0.15) is 0 Å². The summed E-state index contributed by atoms with van der Waals surface area (Å²) in [6, 6.07) is 10.2. The lowest BCUT2D eigenvalue weighted by atomic mass is 10.1. The zero-order valence-electron chi connectivity index (χ0n) is 15.0. The third kappa shape index (κ3) is 7.65. The first kappa shape index (κ1) is 20.7. The number of rotatable bonds is 8. The normalized spacial score (nSPS) is 11.5. The van der Waals surface area contributed by atoms with Gasteiger partial charge >= 0.3 is 6.18 Å². The van der Waals surface area contributed by atoms with Gasteiger partial charge in [0, 0.05) is 18.8 Å². The van der Waals surface area contributed by atoms with Crippen molar-refractivity contribution in [3.63, 3.8) is 0 Å². The minimum absolute atomic E-state index is 0.155. The Morgan fingerprint density at radius 1 is 1.11 bits per heavy atom. The number of pyridine rings is 1. The van der Waals surface area contributed by atoms with Crippen molar-refractivity contribution in [1.29, 1.82) is 0 Å². The molecule has 0 saturated heterocycles. The van der Waals surface area contributed by atoms with E-state index in [0.29, 0.717) is 13.2 Å².